The number of rotatable bonds is 7. The molecule has 146 valence electrons. The Morgan fingerprint density at radius 2 is 1.00 bits per heavy atom. The molecule has 0 amide bonds. The molecule has 0 radical (unpaired) electrons. The molecule has 0 heterocycles. The number of aryl methyl sites for hydroxylation is 2. The van der Waals surface area contributed by atoms with E-state index in [0.29, 0.717) is 24.5 Å². The molecule has 6 heteroatoms. The largest absolute Gasteiger partial charge is 0.327 e. The van der Waals surface area contributed by atoms with E-state index in [4.69, 9.17) is 11.5 Å². The Hall–Kier alpha value is -3.40. The van der Waals surface area contributed by atoms with Crippen molar-refractivity contribution in [3.05, 3.63) is 85.0 Å². The lowest BCUT2D eigenvalue weighted by Crippen LogP contribution is -1.90. The fourth-order valence-electron chi connectivity index (χ4n) is 1.87. The van der Waals surface area contributed by atoms with Gasteiger partial charge in [0.25, 0.3) is 0 Å². The number of aliphatic imine (C=N–C) groups is 2. The van der Waals surface area contributed by atoms with Crippen LogP contribution in [0.25, 0.3) is 0 Å². The Balaban J connectivity index is 0.000000776. The topological polar surface area (TPSA) is 111 Å². The van der Waals surface area contributed by atoms with Gasteiger partial charge in [-0.05, 0) is 48.2 Å². The van der Waals surface area contributed by atoms with E-state index in [1.54, 1.807) is 36.4 Å². The minimum absolute atomic E-state index is 0.583. The normalized spacial score (nSPS) is 8.50. The Morgan fingerprint density at radius 1 is 0.714 bits per heavy atom. The van der Waals surface area contributed by atoms with Crippen molar-refractivity contribution in [2.45, 2.75) is 12.8 Å². The molecule has 0 aliphatic carbocycles. The fourth-order valence-corrected chi connectivity index (χ4v) is 1.87. The summed E-state index contributed by atoms with van der Waals surface area (Å²) in [6.45, 7) is 7.87. The van der Waals surface area contributed by atoms with E-state index in [9.17, 15) is 9.59 Å². The minimum Gasteiger partial charge on any atom is -0.327 e. The monoisotopic (exact) mass is 378 g/mol. The van der Waals surface area contributed by atoms with Gasteiger partial charge in [0.15, 0.2) is 0 Å². The predicted molar refractivity (Wildman–Crippen MR) is 114 cm³/mol. The van der Waals surface area contributed by atoms with Crippen LogP contribution in [0.4, 0.5) is 11.4 Å². The Kier molecular flexibility index (Phi) is 15.0. The van der Waals surface area contributed by atoms with Crippen molar-refractivity contribution >= 4 is 23.5 Å². The molecule has 0 bridgehead atoms. The highest BCUT2D eigenvalue weighted by Crippen LogP contribution is 2.16. The van der Waals surface area contributed by atoms with E-state index in [2.05, 4.69) is 23.1 Å². The molecule has 28 heavy (non-hydrogen) atoms. The molecule has 0 saturated heterocycles. The smallest absolute Gasteiger partial charge is 0.240 e. The molecule has 0 aromatic heterocycles. The summed E-state index contributed by atoms with van der Waals surface area (Å²) in [5.41, 5.74) is 13.4. The molecule has 0 aliphatic heterocycles. The molecule has 2 aromatic rings. The van der Waals surface area contributed by atoms with Crippen molar-refractivity contribution < 1.29 is 9.59 Å². The van der Waals surface area contributed by atoms with Gasteiger partial charge < -0.3 is 11.5 Å². The van der Waals surface area contributed by atoms with Crippen molar-refractivity contribution in [3.8, 4) is 0 Å². The van der Waals surface area contributed by atoms with Crippen LogP contribution < -0.4 is 11.5 Å². The van der Waals surface area contributed by atoms with Crippen molar-refractivity contribution in [1.82, 2.24) is 0 Å². The third-order valence-electron chi connectivity index (χ3n) is 3.26. The summed E-state index contributed by atoms with van der Waals surface area (Å²) in [5.74, 6) is 0. The number of carbonyl (C=O) groups excluding carboxylic acids is 2. The fraction of sp³-hybridized carbons (Fsp3) is 0.182. The Morgan fingerprint density at radius 3 is 1.21 bits per heavy atom. The summed E-state index contributed by atoms with van der Waals surface area (Å²) < 4.78 is 0. The van der Waals surface area contributed by atoms with Gasteiger partial charge in [0, 0.05) is 13.1 Å². The van der Waals surface area contributed by atoms with Gasteiger partial charge in [0.2, 0.25) is 12.2 Å². The molecule has 2 rings (SSSR count). The first-order chi connectivity index (χ1) is 13.6. The first-order valence-corrected chi connectivity index (χ1v) is 8.60. The summed E-state index contributed by atoms with van der Waals surface area (Å²) in [6.07, 6.45) is 8.12. The zero-order valence-corrected chi connectivity index (χ0v) is 15.9. The second-order valence-electron chi connectivity index (χ2n) is 5.29. The summed E-state index contributed by atoms with van der Waals surface area (Å²) >= 11 is 0. The third-order valence-corrected chi connectivity index (χ3v) is 3.26. The molecular weight excluding hydrogens is 352 g/mol. The number of nitrogens with two attached hydrogens (primary N) is 2. The summed E-state index contributed by atoms with van der Waals surface area (Å²) in [6, 6.07) is 15.0. The van der Waals surface area contributed by atoms with Crippen molar-refractivity contribution in [1.29, 1.82) is 0 Å². The van der Waals surface area contributed by atoms with Crippen LogP contribution >= 0.6 is 0 Å². The number of hydrogen-bond acceptors (Lipinski definition) is 6. The maximum atomic E-state index is 10.1. The molecule has 0 unspecified atom stereocenters. The minimum atomic E-state index is 0.583. The van der Waals surface area contributed by atoms with Gasteiger partial charge >= 0.3 is 0 Å². The lowest BCUT2D eigenvalue weighted by atomic mass is 10.0. The number of isocyanates is 2. The van der Waals surface area contributed by atoms with Crippen LogP contribution in [0.15, 0.2) is 83.8 Å². The van der Waals surface area contributed by atoms with E-state index >= 15 is 0 Å². The van der Waals surface area contributed by atoms with Crippen molar-refractivity contribution in [2.24, 2.45) is 21.5 Å². The van der Waals surface area contributed by atoms with Crippen LogP contribution in [-0.4, -0.2) is 25.2 Å². The SMILES string of the molecule is C=CCN.C=CCN.O=C=Nc1ccc(CCc2ccc(N=C=O)cc2)cc1. The summed E-state index contributed by atoms with van der Waals surface area (Å²) in [5, 5.41) is 0. The van der Waals surface area contributed by atoms with Gasteiger partial charge in [0.05, 0.1) is 11.4 Å². The van der Waals surface area contributed by atoms with Gasteiger partial charge in [-0.3, -0.25) is 0 Å². The first-order valence-electron chi connectivity index (χ1n) is 8.60. The van der Waals surface area contributed by atoms with E-state index in [0.717, 1.165) is 12.8 Å². The Labute approximate surface area is 166 Å². The zero-order valence-electron chi connectivity index (χ0n) is 15.9. The highest BCUT2D eigenvalue weighted by molar-refractivity contribution is 5.50. The highest BCUT2D eigenvalue weighted by Gasteiger charge is 1.97. The molecule has 0 atom stereocenters. The second kappa shape index (κ2) is 17.0. The van der Waals surface area contributed by atoms with Gasteiger partial charge in [0.1, 0.15) is 0 Å². The standard InChI is InChI=1S/C16H12N2O2.2C3H7N/c19-11-17-15-7-3-13(4-8-15)1-2-14-5-9-16(10-6-14)18-12-20;2*1-2-3-4/h3-10H,1-2H2;2*2H,1,3-4H2. The highest BCUT2D eigenvalue weighted by atomic mass is 16.1. The molecule has 6 nitrogen and oxygen atoms in total. The maximum Gasteiger partial charge on any atom is 0.240 e. The zero-order chi connectivity index (χ0) is 21.0. The lowest BCUT2D eigenvalue weighted by molar-refractivity contribution is 0.564. The molecule has 4 N–H and O–H groups in total. The van der Waals surface area contributed by atoms with Crippen LogP contribution in [0.5, 0.6) is 0 Å². The molecular formula is C22H26N4O2. The van der Waals surface area contributed by atoms with E-state index in [-0.39, 0.29) is 0 Å². The lowest BCUT2D eigenvalue weighted by Gasteiger charge is -2.03. The molecule has 0 saturated carbocycles. The first kappa shape index (κ1) is 24.6. The second-order valence-corrected chi connectivity index (χ2v) is 5.29. The maximum absolute atomic E-state index is 10.1. The third kappa shape index (κ3) is 12.0. The molecule has 2 aromatic carbocycles. The van der Waals surface area contributed by atoms with Crippen molar-refractivity contribution in [3.63, 3.8) is 0 Å². The van der Waals surface area contributed by atoms with Crippen LogP contribution in [0.1, 0.15) is 11.1 Å². The average Bonchev–Trinajstić information content (AvgIpc) is 2.75. The Bertz CT molecular complexity index is 717. The van der Waals surface area contributed by atoms with Crippen LogP contribution in [0.2, 0.25) is 0 Å². The summed E-state index contributed by atoms with van der Waals surface area (Å²) in [7, 11) is 0. The van der Waals surface area contributed by atoms with Gasteiger partial charge in [-0.25, -0.2) is 9.59 Å². The van der Waals surface area contributed by atoms with Gasteiger partial charge in [-0.2, -0.15) is 9.98 Å². The van der Waals surface area contributed by atoms with E-state index < -0.39 is 0 Å². The molecule has 0 fully saturated rings. The van der Waals surface area contributed by atoms with Crippen LogP contribution in [0, 0.1) is 0 Å². The van der Waals surface area contributed by atoms with Crippen LogP contribution in [-0.2, 0) is 22.4 Å². The quantitative estimate of drug-likeness (QED) is 0.435. The van der Waals surface area contributed by atoms with Gasteiger partial charge in [-0.1, -0.05) is 36.4 Å². The number of hydrogen-bond donors (Lipinski definition) is 2. The summed E-state index contributed by atoms with van der Waals surface area (Å²) in [4.78, 5) is 27.3. The average molecular weight is 378 g/mol. The molecule has 0 spiro atoms. The molecule has 0 aliphatic rings. The number of benzene rings is 2. The van der Waals surface area contributed by atoms with E-state index in [1.807, 2.05) is 24.3 Å². The predicted octanol–water partition coefficient (Wildman–Crippen LogP) is 3.67. The van der Waals surface area contributed by atoms with E-state index in [1.165, 1.54) is 23.3 Å². The van der Waals surface area contributed by atoms with Crippen LogP contribution in [0.3, 0.4) is 0 Å². The van der Waals surface area contributed by atoms with Crippen molar-refractivity contribution in [2.75, 3.05) is 13.1 Å². The number of nitrogens with zero attached hydrogens (tertiary/aromatic N) is 2. The van der Waals surface area contributed by atoms with Gasteiger partial charge in [-0.15, -0.1) is 13.2 Å².